The average Bonchev–Trinajstić information content (AvgIpc) is 2.18. The van der Waals surface area contributed by atoms with E-state index < -0.39 is 0 Å². The largest absolute Gasteiger partial charge is 0.191 e. The monoisotopic (exact) mass is 254 g/mol. The highest BCUT2D eigenvalue weighted by molar-refractivity contribution is 4.71. The van der Waals surface area contributed by atoms with Gasteiger partial charge in [0, 0.05) is 0 Å². The van der Waals surface area contributed by atoms with Crippen molar-refractivity contribution in [1.29, 1.82) is 0 Å². The highest BCUT2D eigenvalue weighted by Crippen LogP contribution is 2.14. The van der Waals surface area contributed by atoms with Crippen molar-refractivity contribution in [3.05, 3.63) is 0 Å². The molecule has 0 aromatic rings. The predicted molar refractivity (Wildman–Crippen MR) is 77.4 cm³/mol. The fourth-order valence-corrected chi connectivity index (χ4v) is 1.14. The van der Waals surface area contributed by atoms with Gasteiger partial charge in [-0.05, 0) is 68.2 Å². The molecule has 0 heterocycles. The minimum absolute atomic E-state index is 0.0776. The van der Waals surface area contributed by atoms with Crippen LogP contribution in [0, 0.1) is 0 Å². The summed E-state index contributed by atoms with van der Waals surface area (Å²) in [5.41, 5.74) is -0.155. The van der Waals surface area contributed by atoms with Gasteiger partial charge in [-0.15, -0.1) is 0 Å². The molecule has 0 saturated carbocycles. The maximum Gasteiger partial charge on any atom is 0.0732 e. The number of rotatable bonds is 5. The van der Waals surface area contributed by atoms with Crippen molar-refractivity contribution in [3.8, 4) is 0 Å². The molecule has 0 radical (unpaired) electrons. The van der Waals surface area contributed by atoms with Gasteiger partial charge in [0.2, 0.25) is 0 Å². The van der Waals surface area contributed by atoms with Crippen molar-refractivity contribution < 1.29 is 0 Å². The summed E-state index contributed by atoms with van der Waals surface area (Å²) in [7, 11) is 0. The van der Waals surface area contributed by atoms with Gasteiger partial charge < -0.3 is 0 Å². The van der Waals surface area contributed by atoms with E-state index in [2.05, 4.69) is 75.8 Å². The van der Waals surface area contributed by atoms with Crippen LogP contribution in [0.25, 0.3) is 0 Å². The molecule has 0 rings (SSSR count). The minimum atomic E-state index is -0.0776. The van der Waals surface area contributed by atoms with Crippen LogP contribution < -0.4 is 0 Å². The lowest BCUT2D eigenvalue weighted by Gasteiger charge is -2.14. The van der Waals surface area contributed by atoms with Crippen molar-refractivity contribution in [1.82, 2.24) is 0 Å². The van der Waals surface area contributed by atoms with Gasteiger partial charge in [-0.1, -0.05) is 0 Å². The molecule has 0 N–H and O–H groups in total. The average molecular weight is 254 g/mol. The Kier molecular flexibility index (Phi) is 6.64. The van der Waals surface area contributed by atoms with E-state index in [1.165, 1.54) is 0 Å². The van der Waals surface area contributed by atoms with Gasteiger partial charge in [-0.25, -0.2) is 0 Å². The summed E-state index contributed by atoms with van der Waals surface area (Å²) in [4.78, 5) is 0. The Morgan fingerprint density at radius 3 is 1.17 bits per heavy atom. The highest BCUT2D eigenvalue weighted by atomic mass is 15.2. The second kappa shape index (κ2) is 6.95. The van der Waals surface area contributed by atoms with Gasteiger partial charge >= 0.3 is 0 Å². The summed E-state index contributed by atoms with van der Waals surface area (Å²) in [5.74, 6) is 0. The number of azo groups is 2. The van der Waals surface area contributed by atoms with Crippen LogP contribution in [0.4, 0.5) is 0 Å². The molecular formula is C14H30N4. The van der Waals surface area contributed by atoms with E-state index >= 15 is 0 Å². The maximum absolute atomic E-state index is 4.33. The van der Waals surface area contributed by atoms with E-state index in [0.717, 1.165) is 12.8 Å². The Balaban J connectivity index is 4.03. The van der Waals surface area contributed by atoms with E-state index in [1.807, 2.05) is 0 Å². The van der Waals surface area contributed by atoms with Crippen LogP contribution in [-0.2, 0) is 0 Å². The molecule has 0 saturated heterocycles. The minimum Gasteiger partial charge on any atom is -0.191 e. The molecule has 0 spiro atoms. The molecule has 0 aliphatic carbocycles. The molecular weight excluding hydrogens is 224 g/mol. The first-order chi connectivity index (χ1) is 7.99. The van der Waals surface area contributed by atoms with Gasteiger partial charge in [0.25, 0.3) is 0 Å². The van der Waals surface area contributed by atoms with Crippen LogP contribution in [0.2, 0.25) is 0 Å². The molecule has 2 atom stereocenters. The zero-order valence-electron chi connectivity index (χ0n) is 13.4. The molecule has 106 valence electrons. The van der Waals surface area contributed by atoms with Gasteiger partial charge in [0.15, 0.2) is 0 Å². The summed E-state index contributed by atoms with van der Waals surface area (Å²) >= 11 is 0. The zero-order valence-corrected chi connectivity index (χ0v) is 13.4. The Labute approximate surface area is 112 Å². The van der Waals surface area contributed by atoms with E-state index in [9.17, 15) is 0 Å². The van der Waals surface area contributed by atoms with Gasteiger partial charge in [-0.3, -0.25) is 0 Å². The first-order valence-corrected chi connectivity index (χ1v) is 6.83. The van der Waals surface area contributed by atoms with E-state index in [4.69, 9.17) is 0 Å². The molecule has 4 nitrogen and oxygen atoms in total. The van der Waals surface area contributed by atoms with Crippen molar-refractivity contribution >= 4 is 0 Å². The smallest absolute Gasteiger partial charge is 0.0732 e. The number of nitrogens with zero attached hydrogens (tertiary/aromatic N) is 4. The normalized spacial score (nSPS) is 17.6. The Hall–Kier alpha value is -0.800. The van der Waals surface area contributed by atoms with E-state index in [0.29, 0.717) is 0 Å². The van der Waals surface area contributed by atoms with Crippen LogP contribution in [0.1, 0.15) is 68.2 Å². The van der Waals surface area contributed by atoms with Crippen LogP contribution in [0.5, 0.6) is 0 Å². The van der Waals surface area contributed by atoms with Crippen LogP contribution in [0.3, 0.4) is 0 Å². The standard InChI is InChI=1S/C14H30N4/c1-11(15-17-13(3,4)5)9-10-12(2)16-18-14(6,7)8/h11-12H,9-10H2,1-8H3. The van der Waals surface area contributed by atoms with Gasteiger partial charge in [0.05, 0.1) is 23.2 Å². The topological polar surface area (TPSA) is 49.4 Å². The third kappa shape index (κ3) is 11.7. The Bertz CT molecular complexity index is 251. The van der Waals surface area contributed by atoms with Gasteiger partial charge in [0.1, 0.15) is 0 Å². The lowest BCUT2D eigenvalue weighted by molar-refractivity contribution is 0.469. The molecule has 0 aromatic heterocycles. The van der Waals surface area contributed by atoms with E-state index in [1.54, 1.807) is 0 Å². The number of hydrogen-bond acceptors (Lipinski definition) is 4. The summed E-state index contributed by atoms with van der Waals surface area (Å²) in [6, 6.07) is 0.521. The summed E-state index contributed by atoms with van der Waals surface area (Å²) in [6.07, 6.45) is 2.01. The van der Waals surface area contributed by atoms with Crippen LogP contribution in [-0.4, -0.2) is 23.2 Å². The van der Waals surface area contributed by atoms with Crippen molar-refractivity contribution in [3.63, 3.8) is 0 Å². The summed E-state index contributed by atoms with van der Waals surface area (Å²) < 4.78 is 0. The van der Waals surface area contributed by atoms with Crippen LogP contribution >= 0.6 is 0 Å². The van der Waals surface area contributed by atoms with Crippen molar-refractivity contribution in [2.75, 3.05) is 0 Å². The summed E-state index contributed by atoms with van der Waals surface area (Å²) in [6.45, 7) is 16.6. The third-order valence-corrected chi connectivity index (χ3v) is 2.11. The van der Waals surface area contributed by atoms with Gasteiger partial charge in [-0.2, -0.15) is 20.5 Å². The molecule has 18 heavy (non-hydrogen) atoms. The number of hydrogen-bond donors (Lipinski definition) is 0. The highest BCUT2D eigenvalue weighted by Gasteiger charge is 2.11. The SMILES string of the molecule is CC(CCC(C)N=NC(C)(C)C)N=NC(C)(C)C. The first kappa shape index (κ1) is 17.2. The second-order valence-electron chi connectivity index (χ2n) is 7.05. The van der Waals surface area contributed by atoms with Crippen molar-refractivity contribution in [2.24, 2.45) is 20.5 Å². The lowest BCUT2D eigenvalue weighted by atomic mass is 10.1. The summed E-state index contributed by atoms with van der Waals surface area (Å²) in [5, 5.41) is 17.2. The first-order valence-electron chi connectivity index (χ1n) is 6.83. The Morgan fingerprint density at radius 1 is 0.667 bits per heavy atom. The molecule has 0 fully saturated rings. The molecule has 0 bridgehead atoms. The van der Waals surface area contributed by atoms with Crippen molar-refractivity contribution in [2.45, 2.75) is 91.4 Å². The molecule has 2 unspecified atom stereocenters. The third-order valence-electron chi connectivity index (χ3n) is 2.11. The van der Waals surface area contributed by atoms with Crippen LogP contribution in [0.15, 0.2) is 20.5 Å². The Morgan fingerprint density at radius 2 is 0.944 bits per heavy atom. The maximum atomic E-state index is 4.33. The fraction of sp³-hybridized carbons (Fsp3) is 1.00. The fourth-order valence-electron chi connectivity index (χ4n) is 1.14. The molecule has 0 aromatic carbocycles. The van der Waals surface area contributed by atoms with E-state index in [-0.39, 0.29) is 23.2 Å². The molecule has 4 heteroatoms. The lowest BCUT2D eigenvalue weighted by Crippen LogP contribution is -2.12. The second-order valence-corrected chi connectivity index (χ2v) is 7.05. The quantitative estimate of drug-likeness (QED) is 0.617. The molecule has 0 amide bonds. The predicted octanol–water partition coefficient (Wildman–Crippen LogP) is 5.05. The molecule has 0 aliphatic rings. The molecule has 0 aliphatic heterocycles. The zero-order chi connectivity index (χ0) is 14.4.